The Hall–Kier alpha value is -1.33. The lowest BCUT2D eigenvalue weighted by Gasteiger charge is -2.05. The lowest BCUT2D eigenvalue weighted by atomic mass is 10.1. The molecular formula is C16H22N4S. The molecule has 1 fully saturated rings. The Bertz CT molecular complexity index is 616. The number of nitrogens with one attached hydrogen (secondary N) is 1. The fourth-order valence-corrected chi connectivity index (χ4v) is 3.29. The summed E-state index contributed by atoms with van der Waals surface area (Å²) in [7, 11) is 0. The van der Waals surface area contributed by atoms with Crippen LogP contribution in [0.2, 0.25) is 0 Å². The van der Waals surface area contributed by atoms with Gasteiger partial charge >= 0.3 is 0 Å². The Kier molecular flexibility index (Phi) is 4.31. The molecule has 2 aromatic heterocycles. The lowest BCUT2D eigenvalue weighted by Crippen LogP contribution is -2.15. The van der Waals surface area contributed by atoms with Crippen molar-refractivity contribution in [3.05, 3.63) is 28.7 Å². The third-order valence-electron chi connectivity index (χ3n) is 3.50. The number of hydrogen-bond acceptors (Lipinski definition) is 5. The Morgan fingerprint density at radius 3 is 2.81 bits per heavy atom. The van der Waals surface area contributed by atoms with E-state index >= 15 is 0 Å². The van der Waals surface area contributed by atoms with Crippen molar-refractivity contribution in [2.24, 2.45) is 5.92 Å². The van der Waals surface area contributed by atoms with E-state index in [-0.39, 0.29) is 0 Å². The van der Waals surface area contributed by atoms with Crippen LogP contribution in [-0.4, -0.2) is 21.0 Å². The van der Waals surface area contributed by atoms with Gasteiger partial charge in [0.15, 0.2) is 0 Å². The van der Waals surface area contributed by atoms with Crippen molar-refractivity contribution >= 4 is 11.3 Å². The molecule has 1 saturated carbocycles. The van der Waals surface area contributed by atoms with Crippen molar-refractivity contribution in [3.63, 3.8) is 0 Å². The molecule has 0 radical (unpaired) electrons. The molecular weight excluding hydrogens is 280 g/mol. The van der Waals surface area contributed by atoms with E-state index < -0.39 is 0 Å². The lowest BCUT2D eigenvalue weighted by molar-refractivity contribution is 0.624. The van der Waals surface area contributed by atoms with E-state index in [1.807, 2.05) is 19.2 Å². The molecule has 2 aromatic rings. The average molecular weight is 302 g/mol. The molecule has 0 spiro atoms. The van der Waals surface area contributed by atoms with E-state index in [4.69, 9.17) is 4.98 Å². The molecule has 21 heavy (non-hydrogen) atoms. The molecule has 0 aromatic carbocycles. The minimum atomic E-state index is 0.617. The standard InChI is InChI=1S/C16H22N4S/c1-10(2)8-14-15(9-18-12-4-5-12)21-16(20-14)13-6-7-17-11(3)19-13/h6-7,10,12,18H,4-5,8-9H2,1-3H3. The fraction of sp³-hybridized carbons (Fsp3) is 0.562. The van der Waals surface area contributed by atoms with Crippen molar-refractivity contribution in [2.45, 2.75) is 52.6 Å². The Morgan fingerprint density at radius 1 is 1.33 bits per heavy atom. The minimum Gasteiger partial charge on any atom is -0.309 e. The molecule has 112 valence electrons. The van der Waals surface area contributed by atoms with Crippen LogP contribution in [0.3, 0.4) is 0 Å². The van der Waals surface area contributed by atoms with Gasteiger partial charge in [0.25, 0.3) is 0 Å². The number of aromatic nitrogens is 3. The second-order valence-electron chi connectivity index (χ2n) is 6.13. The zero-order valence-electron chi connectivity index (χ0n) is 12.9. The molecule has 0 saturated heterocycles. The number of aryl methyl sites for hydroxylation is 1. The van der Waals surface area contributed by atoms with Gasteiger partial charge in [-0.05, 0) is 38.2 Å². The summed E-state index contributed by atoms with van der Waals surface area (Å²) in [6.07, 6.45) is 5.47. The van der Waals surface area contributed by atoms with Crippen LogP contribution in [0.25, 0.3) is 10.7 Å². The first kappa shape index (κ1) is 14.6. The summed E-state index contributed by atoms with van der Waals surface area (Å²) in [5.41, 5.74) is 2.17. The van der Waals surface area contributed by atoms with Gasteiger partial charge in [-0.15, -0.1) is 11.3 Å². The summed E-state index contributed by atoms with van der Waals surface area (Å²) in [5.74, 6) is 1.41. The van der Waals surface area contributed by atoms with Gasteiger partial charge < -0.3 is 5.32 Å². The van der Waals surface area contributed by atoms with E-state index in [1.54, 1.807) is 11.3 Å². The molecule has 0 amide bonds. The zero-order chi connectivity index (χ0) is 14.8. The van der Waals surface area contributed by atoms with Gasteiger partial charge in [-0.25, -0.2) is 15.0 Å². The van der Waals surface area contributed by atoms with Crippen LogP contribution >= 0.6 is 11.3 Å². The van der Waals surface area contributed by atoms with Gasteiger partial charge in [-0.3, -0.25) is 0 Å². The van der Waals surface area contributed by atoms with Crippen LogP contribution in [0.4, 0.5) is 0 Å². The summed E-state index contributed by atoms with van der Waals surface area (Å²) in [6, 6.07) is 2.67. The first-order valence-electron chi connectivity index (χ1n) is 7.64. The minimum absolute atomic E-state index is 0.617. The van der Waals surface area contributed by atoms with Crippen LogP contribution < -0.4 is 5.32 Å². The van der Waals surface area contributed by atoms with Crippen molar-refractivity contribution in [1.82, 2.24) is 20.3 Å². The first-order chi connectivity index (χ1) is 10.1. The van der Waals surface area contributed by atoms with E-state index in [9.17, 15) is 0 Å². The largest absolute Gasteiger partial charge is 0.309 e. The highest BCUT2D eigenvalue weighted by atomic mass is 32.1. The monoisotopic (exact) mass is 302 g/mol. The molecule has 5 heteroatoms. The van der Waals surface area contributed by atoms with Crippen molar-refractivity contribution in [2.75, 3.05) is 0 Å². The van der Waals surface area contributed by atoms with E-state index in [2.05, 4.69) is 29.1 Å². The van der Waals surface area contributed by atoms with Gasteiger partial charge in [0.2, 0.25) is 0 Å². The summed E-state index contributed by atoms with van der Waals surface area (Å²) in [5, 5.41) is 4.62. The van der Waals surface area contributed by atoms with E-state index in [0.717, 1.165) is 35.5 Å². The average Bonchev–Trinajstić information content (AvgIpc) is 3.18. The topological polar surface area (TPSA) is 50.7 Å². The molecule has 0 unspecified atom stereocenters. The molecule has 4 nitrogen and oxygen atoms in total. The highest BCUT2D eigenvalue weighted by Crippen LogP contribution is 2.29. The maximum atomic E-state index is 4.85. The summed E-state index contributed by atoms with van der Waals surface area (Å²) < 4.78 is 0. The second kappa shape index (κ2) is 6.20. The van der Waals surface area contributed by atoms with Gasteiger partial charge in [0.1, 0.15) is 16.5 Å². The number of thiazole rings is 1. The molecule has 1 N–H and O–H groups in total. The van der Waals surface area contributed by atoms with Gasteiger partial charge in [0.05, 0.1) is 5.69 Å². The number of rotatable bonds is 6. The predicted molar refractivity (Wildman–Crippen MR) is 86.3 cm³/mol. The normalized spacial score (nSPS) is 14.9. The Labute approximate surface area is 130 Å². The predicted octanol–water partition coefficient (Wildman–Crippen LogP) is 3.36. The molecule has 0 aliphatic heterocycles. The van der Waals surface area contributed by atoms with Crippen molar-refractivity contribution < 1.29 is 0 Å². The van der Waals surface area contributed by atoms with Crippen LogP contribution in [0.5, 0.6) is 0 Å². The molecule has 0 bridgehead atoms. The smallest absolute Gasteiger partial charge is 0.142 e. The van der Waals surface area contributed by atoms with Gasteiger partial charge in [-0.1, -0.05) is 13.8 Å². The van der Waals surface area contributed by atoms with E-state index in [0.29, 0.717) is 5.92 Å². The molecule has 0 atom stereocenters. The van der Waals surface area contributed by atoms with Crippen LogP contribution in [-0.2, 0) is 13.0 Å². The third kappa shape index (κ3) is 3.86. The Morgan fingerprint density at radius 2 is 2.14 bits per heavy atom. The van der Waals surface area contributed by atoms with Crippen LogP contribution in [0, 0.1) is 12.8 Å². The highest BCUT2D eigenvalue weighted by molar-refractivity contribution is 7.15. The van der Waals surface area contributed by atoms with Crippen molar-refractivity contribution in [1.29, 1.82) is 0 Å². The quantitative estimate of drug-likeness (QED) is 0.889. The van der Waals surface area contributed by atoms with E-state index in [1.165, 1.54) is 23.4 Å². The zero-order valence-corrected chi connectivity index (χ0v) is 13.7. The first-order valence-corrected chi connectivity index (χ1v) is 8.45. The molecule has 2 heterocycles. The van der Waals surface area contributed by atoms with Crippen LogP contribution in [0.1, 0.15) is 43.1 Å². The highest BCUT2D eigenvalue weighted by Gasteiger charge is 2.22. The number of nitrogens with zero attached hydrogens (tertiary/aromatic N) is 3. The van der Waals surface area contributed by atoms with Gasteiger partial charge in [-0.2, -0.15) is 0 Å². The molecule has 1 aliphatic rings. The summed E-state index contributed by atoms with van der Waals surface area (Å²) >= 11 is 1.77. The fourth-order valence-electron chi connectivity index (χ4n) is 2.28. The maximum Gasteiger partial charge on any atom is 0.142 e. The SMILES string of the molecule is Cc1nccc(-c2nc(CC(C)C)c(CNC3CC3)s2)n1. The maximum absolute atomic E-state index is 4.85. The van der Waals surface area contributed by atoms with Crippen LogP contribution in [0.15, 0.2) is 12.3 Å². The number of hydrogen-bond donors (Lipinski definition) is 1. The van der Waals surface area contributed by atoms with Crippen molar-refractivity contribution in [3.8, 4) is 10.7 Å². The third-order valence-corrected chi connectivity index (χ3v) is 4.62. The molecule has 3 rings (SSSR count). The van der Waals surface area contributed by atoms with Gasteiger partial charge in [0, 0.05) is 23.7 Å². The molecule has 1 aliphatic carbocycles. The summed E-state index contributed by atoms with van der Waals surface area (Å²) in [6.45, 7) is 7.34. The summed E-state index contributed by atoms with van der Waals surface area (Å²) in [4.78, 5) is 14.9. The Balaban J connectivity index is 1.86. The second-order valence-corrected chi connectivity index (χ2v) is 7.21.